The molecule has 2 heterocycles. The zero-order valence-electron chi connectivity index (χ0n) is 13.6. The van der Waals surface area contributed by atoms with Gasteiger partial charge in [0.05, 0.1) is 10.2 Å². The average Bonchev–Trinajstić information content (AvgIpc) is 2.90. The Kier molecular flexibility index (Phi) is 5.00. The summed E-state index contributed by atoms with van der Waals surface area (Å²) in [6.45, 7) is 3.64. The molecule has 0 radical (unpaired) electrons. The molecule has 1 aromatic carbocycles. The van der Waals surface area contributed by atoms with Gasteiger partial charge in [0.1, 0.15) is 0 Å². The van der Waals surface area contributed by atoms with Crippen LogP contribution in [0.3, 0.4) is 0 Å². The van der Waals surface area contributed by atoms with Crippen LogP contribution in [0, 0.1) is 4.91 Å². The molecule has 3 rings (SSSR count). The van der Waals surface area contributed by atoms with Crippen LogP contribution in [0.5, 0.6) is 5.19 Å². The van der Waals surface area contributed by atoms with Gasteiger partial charge in [0.15, 0.2) is 12.3 Å². The van der Waals surface area contributed by atoms with Crippen LogP contribution in [-0.2, 0) is 0 Å². The summed E-state index contributed by atoms with van der Waals surface area (Å²) < 4.78 is 7.24. The number of rotatable bonds is 4. The lowest BCUT2D eigenvalue weighted by Crippen LogP contribution is -2.41. The van der Waals surface area contributed by atoms with E-state index in [0.29, 0.717) is 20.7 Å². The van der Waals surface area contributed by atoms with Gasteiger partial charge < -0.3 is 10.1 Å². The van der Waals surface area contributed by atoms with E-state index in [0.717, 1.165) is 10.2 Å². The second kappa shape index (κ2) is 7.20. The van der Waals surface area contributed by atoms with Gasteiger partial charge in [0.25, 0.3) is 5.19 Å². The molecule has 0 unspecified atom stereocenters. The summed E-state index contributed by atoms with van der Waals surface area (Å²) in [5.74, 6) is 0.594. The molecule has 2 N–H and O–H groups in total. The van der Waals surface area contributed by atoms with E-state index in [2.05, 4.69) is 15.6 Å². The number of nitroso groups, excluding NO2 is 1. The van der Waals surface area contributed by atoms with Crippen LogP contribution in [0.2, 0.25) is 5.02 Å². The lowest BCUT2D eigenvalue weighted by atomic mass is 10.3. The second-order valence-corrected chi connectivity index (χ2v) is 7.10. The fourth-order valence-corrected chi connectivity index (χ4v) is 3.27. The number of fused-ring (bicyclic) bond motifs is 1. The third-order valence-electron chi connectivity index (χ3n) is 3.21. The predicted molar refractivity (Wildman–Crippen MR) is 96.7 cm³/mol. The van der Waals surface area contributed by atoms with Crippen LogP contribution >= 0.6 is 22.9 Å². The summed E-state index contributed by atoms with van der Waals surface area (Å²) in [5.41, 5.74) is 0.781. The van der Waals surface area contributed by atoms with E-state index < -0.39 is 6.03 Å². The third kappa shape index (κ3) is 4.34. The molecule has 0 bridgehead atoms. The summed E-state index contributed by atoms with van der Waals surface area (Å²) in [4.78, 5) is 28.1. The topological polar surface area (TPSA) is 83.3 Å². The molecule has 9 heteroatoms. The minimum Gasteiger partial charge on any atom is -0.431 e. The Hall–Kier alpha value is -2.45. The first-order chi connectivity index (χ1) is 11.9. The van der Waals surface area contributed by atoms with Crippen molar-refractivity contribution in [1.82, 2.24) is 15.6 Å². The van der Waals surface area contributed by atoms with Crippen LogP contribution in [0.25, 0.3) is 10.2 Å². The van der Waals surface area contributed by atoms with E-state index in [1.807, 2.05) is 26.0 Å². The number of nitrogens with one attached hydrogen (secondary N) is 2. The number of thiazole rings is 1. The van der Waals surface area contributed by atoms with Gasteiger partial charge in [-0.25, -0.2) is 9.78 Å². The Morgan fingerprint density at radius 1 is 1.40 bits per heavy atom. The molecule has 130 valence electrons. The fourth-order valence-electron chi connectivity index (χ4n) is 2.15. The Morgan fingerprint density at radius 2 is 2.20 bits per heavy atom. The number of amides is 2. The number of urea groups is 1. The minimum absolute atomic E-state index is 0.0220. The first-order valence-corrected chi connectivity index (χ1v) is 8.77. The number of ether oxygens (including phenoxy) is 1. The third-order valence-corrected chi connectivity index (χ3v) is 4.34. The van der Waals surface area contributed by atoms with Crippen LogP contribution in [0.4, 0.5) is 4.79 Å². The highest BCUT2D eigenvalue weighted by molar-refractivity contribution is 7.20. The molecular formula is C16H16ClN4O3S+. The quantitative estimate of drug-likeness (QED) is 0.796. The van der Waals surface area contributed by atoms with Gasteiger partial charge >= 0.3 is 11.9 Å². The van der Waals surface area contributed by atoms with Crippen molar-refractivity contribution in [2.45, 2.75) is 19.9 Å². The number of hydrogen-bond acceptors (Lipinski definition) is 5. The van der Waals surface area contributed by atoms with Gasteiger partial charge in [-0.1, -0.05) is 27.8 Å². The van der Waals surface area contributed by atoms with Crippen molar-refractivity contribution in [2.75, 3.05) is 6.54 Å². The lowest BCUT2D eigenvalue weighted by molar-refractivity contribution is -0.499. The minimum atomic E-state index is -0.428. The zero-order chi connectivity index (χ0) is 18.0. The van der Waals surface area contributed by atoms with Crippen molar-refractivity contribution in [3.05, 3.63) is 51.9 Å². The molecule has 0 saturated carbocycles. The maximum absolute atomic E-state index is 12.1. The van der Waals surface area contributed by atoms with Crippen molar-refractivity contribution >= 4 is 39.2 Å². The predicted octanol–water partition coefficient (Wildman–Crippen LogP) is 3.55. The Morgan fingerprint density at radius 3 is 2.92 bits per heavy atom. The van der Waals surface area contributed by atoms with Crippen molar-refractivity contribution < 1.29 is 14.3 Å². The summed E-state index contributed by atoms with van der Waals surface area (Å²) in [6, 6.07) is 4.93. The van der Waals surface area contributed by atoms with Crippen molar-refractivity contribution in [1.29, 1.82) is 0 Å². The van der Waals surface area contributed by atoms with E-state index in [1.165, 1.54) is 17.4 Å². The van der Waals surface area contributed by atoms with Gasteiger partial charge in [-0.3, -0.25) is 0 Å². The SMILES string of the molecule is CC(C)NC(=O)NC1=CC=C(Oc2nc3ccc(Cl)cc3s2)C[N+]1=O. The van der Waals surface area contributed by atoms with Gasteiger partial charge in [0, 0.05) is 17.1 Å². The summed E-state index contributed by atoms with van der Waals surface area (Å²) in [7, 11) is 0. The second-order valence-electron chi connectivity index (χ2n) is 5.67. The van der Waals surface area contributed by atoms with Crippen LogP contribution in [0.15, 0.2) is 41.9 Å². The Labute approximate surface area is 152 Å². The van der Waals surface area contributed by atoms with E-state index >= 15 is 0 Å². The molecule has 1 aromatic heterocycles. The first-order valence-electron chi connectivity index (χ1n) is 7.57. The van der Waals surface area contributed by atoms with Gasteiger partial charge in [-0.2, -0.15) is 5.32 Å². The van der Waals surface area contributed by atoms with E-state index in [1.54, 1.807) is 12.1 Å². The number of halogens is 1. The molecule has 2 amide bonds. The highest BCUT2D eigenvalue weighted by Gasteiger charge is 2.25. The van der Waals surface area contributed by atoms with Crippen LogP contribution < -0.4 is 15.4 Å². The molecule has 7 nitrogen and oxygen atoms in total. The molecule has 2 aromatic rings. The van der Waals surface area contributed by atoms with Gasteiger partial charge in [-0.15, -0.1) is 0 Å². The highest BCUT2D eigenvalue weighted by atomic mass is 35.5. The van der Waals surface area contributed by atoms with Gasteiger partial charge in [0.2, 0.25) is 0 Å². The molecule has 0 atom stereocenters. The number of benzene rings is 1. The maximum atomic E-state index is 12.1. The number of allylic oxidation sites excluding steroid dienone is 2. The average molecular weight is 380 g/mol. The van der Waals surface area contributed by atoms with Crippen molar-refractivity contribution in [3.63, 3.8) is 0 Å². The number of carbonyl (C=O) groups is 1. The normalized spacial score (nSPS) is 14.3. The van der Waals surface area contributed by atoms with Crippen molar-refractivity contribution in [3.8, 4) is 5.19 Å². The Balaban J connectivity index is 1.70. The van der Waals surface area contributed by atoms with E-state index in [9.17, 15) is 9.70 Å². The highest BCUT2D eigenvalue weighted by Crippen LogP contribution is 2.31. The molecule has 1 aliphatic rings. The molecule has 1 aliphatic heterocycles. The molecule has 0 aliphatic carbocycles. The number of aromatic nitrogens is 1. The molecule has 0 fully saturated rings. The van der Waals surface area contributed by atoms with Crippen LogP contribution in [0.1, 0.15) is 13.8 Å². The fraction of sp³-hybridized carbons (Fsp3) is 0.250. The monoisotopic (exact) mass is 379 g/mol. The smallest absolute Gasteiger partial charge is 0.406 e. The lowest BCUT2D eigenvalue weighted by Gasteiger charge is -2.10. The first kappa shape index (κ1) is 17.4. The van der Waals surface area contributed by atoms with Crippen molar-refractivity contribution in [2.24, 2.45) is 0 Å². The largest absolute Gasteiger partial charge is 0.431 e. The van der Waals surface area contributed by atoms with Crippen LogP contribution in [-0.4, -0.2) is 28.4 Å². The van der Waals surface area contributed by atoms with E-state index in [-0.39, 0.29) is 18.4 Å². The standard InChI is InChI=1S/C16H15ClN4O3S/c1-9(2)18-15(22)20-14-6-4-11(8-21(14)23)24-16-19-12-5-3-10(17)7-13(12)25-16/h3-7,9H,8H2,1-2H3,(H-,18,20,22)/p+1. The Bertz CT molecular complexity index is 904. The molecule has 25 heavy (non-hydrogen) atoms. The molecular weight excluding hydrogens is 364 g/mol. The summed E-state index contributed by atoms with van der Waals surface area (Å²) >= 11 is 7.30. The number of carbonyl (C=O) groups excluding carboxylic acids is 1. The number of nitrogens with zero attached hydrogens (tertiary/aromatic N) is 2. The molecule has 0 saturated heterocycles. The summed E-state index contributed by atoms with van der Waals surface area (Å²) in [5, 5.41) is 6.22. The maximum Gasteiger partial charge on any atom is 0.406 e. The number of hydrogen-bond donors (Lipinski definition) is 2. The molecule has 0 spiro atoms. The van der Waals surface area contributed by atoms with Gasteiger partial charge in [-0.05, 0) is 42.9 Å². The zero-order valence-corrected chi connectivity index (χ0v) is 15.1. The van der Waals surface area contributed by atoms with E-state index in [4.69, 9.17) is 16.3 Å². The summed E-state index contributed by atoms with van der Waals surface area (Å²) in [6.07, 6.45) is 3.13.